The summed E-state index contributed by atoms with van der Waals surface area (Å²) in [6.07, 6.45) is 0. The van der Waals surface area contributed by atoms with E-state index in [0.717, 1.165) is 58.0 Å². The zero-order chi connectivity index (χ0) is 22.6. The molecule has 7 nitrogen and oxygen atoms in total. The lowest BCUT2D eigenvalue weighted by Crippen LogP contribution is -2.36. The van der Waals surface area contributed by atoms with Crippen LogP contribution in [0.2, 0.25) is 5.02 Å². The third kappa shape index (κ3) is 3.20. The number of rotatable bonds is 3. The van der Waals surface area contributed by atoms with E-state index in [0.29, 0.717) is 29.3 Å². The van der Waals surface area contributed by atoms with Gasteiger partial charge < -0.3 is 15.4 Å². The summed E-state index contributed by atoms with van der Waals surface area (Å²) in [7, 11) is 0. The Morgan fingerprint density at radius 3 is 2.56 bits per heavy atom. The minimum Gasteiger partial charge on any atom is -0.378 e. The van der Waals surface area contributed by atoms with E-state index in [2.05, 4.69) is 15.5 Å². The van der Waals surface area contributed by atoms with Gasteiger partial charge in [-0.3, -0.25) is 14.3 Å². The average Bonchev–Trinajstić information content (AvgIpc) is 3.11. The Bertz CT molecular complexity index is 1390. The van der Waals surface area contributed by atoms with E-state index in [1.54, 1.807) is 0 Å². The summed E-state index contributed by atoms with van der Waals surface area (Å²) in [4.78, 5) is 24.1. The molecule has 8 heteroatoms. The van der Waals surface area contributed by atoms with Crippen LogP contribution >= 0.6 is 11.6 Å². The number of aryl methyl sites for hydroxylation is 2. The number of imidazole rings is 1. The number of nitrogens with two attached hydrogens (primary N) is 1. The van der Waals surface area contributed by atoms with Gasteiger partial charge >= 0.3 is 0 Å². The number of halogens is 1. The maximum atomic E-state index is 12.4. The van der Waals surface area contributed by atoms with Gasteiger partial charge in [0.2, 0.25) is 0 Å². The number of morpholine rings is 1. The van der Waals surface area contributed by atoms with Gasteiger partial charge in [0.1, 0.15) is 11.3 Å². The van der Waals surface area contributed by atoms with Crippen LogP contribution in [0.5, 0.6) is 0 Å². The van der Waals surface area contributed by atoms with Crippen LogP contribution in [0, 0.1) is 20.8 Å². The lowest BCUT2D eigenvalue weighted by Gasteiger charge is -2.29. The molecule has 164 valence electrons. The minimum absolute atomic E-state index is 0.414. The average molecular weight is 450 g/mol. The largest absolute Gasteiger partial charge is 0.378 e. The summed E-state index contributed by atoms with van der Waals surface area (Å²) in [6.45, 7) is 8.76. The van der Waals surface area contributed by atoms with Crippen molar-refractivity contribution in [2.24, 2.45) is 5.73 Å². The summed E-state index contributed by atoms with van der Waals surface area (Å²) in [5, 5.41) is 1.53. The van der Waals surface area contributed by atoms with Crippen LogP contribution in [0.4, 0.5) is 5.69 Å². The first-order valence-corrected chi connectivity index (χ1v) is 11.0. The van der Waals surface area contributed by atoms with Crippen molar-refractivity contribution in [3.8, 4) is 5.69 Å². The van der Waals surface area contributed by atoms with Crippen LogP contribution in [0.3, 0.4) is 0 Å². The van der Waals surface area contributed by atoms with Crippen molar-refractivity contribution < 1.29 is 9.53 Å². The second-order valence-electron chi connectivity index (χ2n) is 8.13. The number of hydrogen-bond acceptors (Lipinski definition) is 5. The minimum atomic E-state index is -0.495. The Hall–Kier alpha value is -3.16. The Labute approximate surface area is 190 Å². The van der Waals surface area contributed by atoms with Gasteiger partial charge in [-0.25, -0.2) is 4.98 Å². The summed E-state index contributed by atoms with van der Waals surface area (Å²) in [6, 6.07) is 9.70. The maximum absolute atomic E-state index is 12.4. The number of anilines is 1. The second-order valence-corrected chi connectivity index (χ2v) is 8.53. The molecule has 4 aromatic rings. The quantitative estimate of drug-likeness (QED) is 0.509. The highest BCUT2D eigenvalue weighted by Crippen LogP contribution is 2.35. The molecule has 0 radical (unpaired) electrons. The molecule has 0 aliphatic carbocycles. The Kier molecular flexibility index (Phi) is 5.03. The van der Waals surface area contributed by atoms with Crippen LogP contribution in [-0.2, 0) is 4.74 Å². The number of nitrogens with zero attached hydrogens (tertiary/aromatic N) is 4. The molecule has 32 heavy (non-hydrogen) atoms. The van der Waals surface area contributed by atoms with Crippen molar-refractivity contribution in [3.05, 3.63) is 58.0 Å². The standard InChI is InChI=1S/C24H24ClN5O2/c1-13-14(2)27-21-17(5-4-6-19(21)25)23(13)30-15(3)28-22-18(24(26)31)11-16(12-20(22)30)29-7-9-32-10-8-29/h4-6,11-12H,7-10H2,1-3H3,(H2,26,31). The third-order valence-corrected chi connectivity index (χ3v) is 6.50. The first-order chi connectivity index (χ1) is 15.4. The normalized spacial score (nSPS) is 14.4. The van der Waals surface area contributed by atoms with Crippen LogP contribution in [0.25, 0.3) is 27.6 Å². The molecule has 0 unspecified atom stereocenters. The Morgan fingerprint density at radius 1 is 1.09 bits per heavy atom. The Morgan fingerprint density at radius 2 is 1.84 bits per heavy atom. The number of para-hydroxylation sites is 1. The fraction of sp³-hybridized carbons (Fsp3) is 0.292. The molecule has 0 atom stereocenters. The summed E-state index contributed by atoms with van der Waals surface area (Å²) in [5.74, 6) is 0.266. The molecule has 0 saturated carbocycles. The fourth-order valence-corrected chi connectivity index (χ4v) is 4.70. The molecule has 0 bridgehead atoms. The highest BCUT2D eigenvalue weighted by Gasteiger charge is 2.23. The number of primary amides is 1. The van der Waals surface area contributed by atoms with E-state index in [9.17, 15) is 4.79 Å². The number of pyridine rings is 1. The first kappa shape index (κ1) is 20.7. The van der Waals surface area contributed by atoms with E-state index < -0.39 is 5.91 Å². The van der Waals surface area contributed by atoms with Crippen LogP contribution in [0.1, 0.15) is 27.4 Å². The van der Waals surface area contributed by atoms with E-state index in [1.807, 2.05) is 45.0 Å². The number of amides is 1. The second kappa shape index (κ2) is 7.76. The number of ether oxygens (including phenoxy) is 1. The maximum Gasteiger partial charge on any atom is 0.251 e. The number of fused-ring (bicyclic) bond motifs is 2. The molecule has 1 saturated heterocycles. The number of carbonyl (C=O) groups excluding carboxylic acids is 1. The topological polar surface area (TPSA) is 86.3 Å². The van der Waals surface area contributed by atoms with Gasteiger partial charge in [0.15, 0.2) is 0 Å². The molecule has 5 rings (SSSR count). The van der Waals surface area contributed by atoms with Crippen molar-refractivity contribution in [1.82, 2.24) is 14.5 Å². The van der Waals surface area contributed by atoms with Gasteiger partial charge in [-0.15, -0.1) is 0 Å². The molecule has 2 aromatic carbocycles. The summed E-state index contributed by atoms with van der Waals surface area (Å²) >= 11 is 6.50. The van der Waals surface area contributed by atoms with E-state index in [1.165, 1.54) is 0 Å². The number of benzene rings is 2. The highest BCUT2D eigenvalue weighted by molar-refractivity contribution is 6.35. The molecule has 2 aromatic heterocycles. The van der Waals surface area contributed by atoms with Crippen LogP contribution in [-0.4, -0.2) is 46.7 Å². The lowest BCUT2D eigenvalue weighted by molar-refractivity contribution is 0.100. The molecule has 3 heterocycles. The highest BCUT2D eigenvalue weighted by atomic mass is 35.5. The summed E-state index contributed by atoms with van der Waals surface area (Å²) < 4.78 is 7.59. The van der Waals surface area contributed by atoms with Crippen molar-refractivity contribution in [2.45, 2.75) is 20.8 Å². The van der Waals surface area contributed by atoms with Crippen molar-refractivity contribution in [1.29, 1.82) is 0 Å². The monoisotopic (exact) mass is 449 g/mol. The number of carbonyl (C=O) groups is 1. The molecule has 1 fully saturated rings. The zero-order valence-corrected chi connectivity index (χ0v) is 19.0. The first-order valence-electron chi connectivity index (χ1n) is 10.6. The van der Waals surface area contributed by atoms with Gasteiger partial charge in [0.05, 0.1) is 40.5 Å². The van der Waals surface area contributed by atoms with E-state index in [4.69, 9.17) is 32.0 Å². The number of hydrogen-bond donors (Lipinski definition) is 1. The van der Waals surface area contributed by atoms with E-state index in [-0.39, 0.29) is 0 Å². The van der Waals surface area contributed by atoms with Crippen molar-refractivity contribution >= 4 is 45.1 Å². The van der Waals surface area contributed by atoms with Crippen LogP contribution < -0.4 is 10.6 Å². The van der Waals surface area contributed by atoms with Gasteiger partial charge in [-0.05, 0) is 44.5 Å². The van der Waals surface area contributed by atoms with Gasteiger partial charge in [0.25, 0.3) is 5.91 Å². The zero-order valence-electron chi connectivity index (χ0n) is 18.3. The van der Waals surface area contributed by atoms with Crippen molar-refractivity contribution in [3.63, 3.8) is 0 Å². The lowest BCUT2D eigenvalue weighted by atomic mass is 10.1. The molecular formula is C24H24ClN5O2. The molecule has 1 aliphatic heterocycles. The third-order valence-electron chi connectivity index (χ3n) is 6.20. The molecular weight excluding hydrogens is 426 g/mol. The van der Waals surface area contributed by atoms with Crippen LogP contribution in [0.15, 0.2) is 30.3 Å². The predicted molar refractivity (Wildman–Crippen MR) is 127 cm³/mol. The van der Waals surface area contributed by atoms with Gasteiger partial charge in [-0.1, -0.05) is 23.7 Å². The molecule has 2 N–H and O–H groups in total. The SMILES string of the molecule is Cc1nc2c(Cl)cccc2c(-n2c(C)nc3c(C(N)=O)cc(N4CCOCC4)cc32)c1C. The Balaban J connectivity index is 1.87. The van der Waals surface area contributed by atoms with Gasteiger partial charge in [-0.2, -0.15) is 0 Å². The molecule has 0 spiro atoms. The smallest absolute Gasteiger partial charge is 0.251 e. The number of aromatic nitrogens is 3. The van der Waals surface area contributed by atoms with Gasteiger partial charge in [0, 0.05) is 29.9 Å². The molecule has 1 amide bonds. The fourth-order valence-electron chi connectivity index (χ4n) is 4.49. The predicted octanol–water partition coefficient (Wildman–Crippen LogP) is 4.09. The molecule has 1 aliphatic rings. The summed E-state index contributed by atoms with van der Waals surface area (Å²) in [5.41, 5.74) is 12.2. The van der Waals surface area contributed by atoms with E-state index >= 15 is 0 Å². The van der Waals surface area contributed by atoms with Crippen molar-refractivity contribution in [2.75, 3.05) is 31.2 Å².